The Kier molecular flexibility index (Phi) is 6.26. The molecule has 8 heteroatoms. The molecule has 140 valence electrons. The average molecular weight is 423 g/mol. The van der Waals surface area contributed by atoms with E-state index in [1.807, 2.05) is 38.1 Å². The Bertz CT molecular complexity index is 724. The van der Waals surface area contributed by atoms with Crippen LogP contribution in [-0.2, 0) is 11.3 Å². The SMILES string of the molecule is CC(C)COC(=O)N1CCN(Cc2nnc(-c3ccc(Br)cc3)o2)CC1. The molecule has 1 fully saturated rings. The van der Waals surface area contributed by atoms with Crippen molar-refractivity contribution in [3.8, 4) is 11.5 Å². The number of rotatable bonds is 5. The highest BCUT2D eigenvalue weighted by Crippen LogP contribution is 2.21. The Morgan fingerprint density at radius 3 is 2.54 bits per heavy atom. The second kappa shape index (κ2) is 8.64. The summed E-state index contributed by atoms with van der Waals surface area (Å²) < 4.78 is 12.1. The van der Waals surface area contributed by atoms with Gasteiger partial charge in [0.2, 0.25) is 11.8 Å². The molecule has 0 radical (unpaired) electrons. The highest BCUT2D eigenvalue weighted by Gasteiger charge is 2.23. The van der Waals surface area contributed by atoms with Crippen molar-refractivity contribution in [1.29, 1.82) is 0 Å². The van der Waals surface area contributed by atoms with Crippen LogP contribution in [-0.4, -0.2) is 58.9 Å². The van der Waals surface area contributed by atoms with Crippen LogP contribution < -0.4 is 0 Å². The molecule has 2 aromatic rings. The molecule has 1 amide bonds. The van der Waals surface area contributed by atoms with Crippen molar-refractivity contribution in [3.63, 3.8) is 0 Å². The van der Waals surface area contributed by atoms with Crippen LogP contribution in [0.2, 0.25) is 0 Å². The van der Waals surface area contributed by atoms with Gasteiger partial charge in [0.25, 0.3) is 0 Å². The summed E-state index contributed by atoms with van der Waals surface area (Å²) >= 11 is 3.41. The van der Waals surface area contributed by atoms with E-state index in [-0.39, 0.29) is 6.09 Å². The van der Waals surface area contributed by atoms with Crippen molar-refractivity contribution < 1.29 is 13.9 Å². The molecule has 0 N–H and O–H groups in total. The molecular formula is C18H23BrN4O3. The number of carbonyl (C=O) groups is 1. The first kappa shape index (κ1) is 18.8. The Hall–Kier alpha value is -1.93. The minimum atomic E-state index is -0.228. The topological polar surface area (TPSA) is 71.7 Å². The van der Waals surface area contributed by atoms with Gasteiger partial charge in [-0.15, -0.1) is 10.2 Å². The Labute approximate surface area is 161 Å². The van der Waals surface area contributed by atoms with Crippen LogP contribution in [0.25, 0.3) is 11.5 Å². The lowest BCUT2D eigenvalue weighted by atomic mass is 10.2. The number of nitrogens with zero attached hydrogens (tertiary/aromatic N) is 4. The standard InChI is InChI=1S/C18H23BrN4O3/c1-13(2)12-25-18(24)23-9-7-22(8-10-23)11-16-20-21-17(26-16)14-3-5-15(19)6-4-14/h3-6,13H,7-12H2,1-2H3. The van der Waals surface area contributed by atoms with Crippen LogP contribution in [0.4, 0.5) is 4.79 Å². The first-order valence-corrected chi connectivity index (χ1v) is 9.53. The van der Waals surface area contributed by atoms with Crippen LogP contribution in [0, 0.1) is 5.92 Å². The molecule has 7 nitrogen and oxygen atoms in total. The number of benzene rings is 1. The third kappa shape index (κ3) is 5.04. The molecule has 0 spiro atoms. The predicted octanol–water partition coefficient (Wildman–Crippen LogP) is 3.41. The van der Waals surface area contributed by atoms with Gasteiger partial charge < -0.3 is 14.1 Å². The fourth-order valence-electron chi connectivity index (χ4n) is 2.64. The fraction of sp³-hybridized carbons (Fsp3) is 0.500. The molecule has 1 saturated heterocycles. The number of aromatic nitrogens is 2. The molecule has 1 aliphatic rings. The van der Waals surface area contributed by atoms with E-state index in [1.54, 1.807) is 4.90 Å². The van der Waals surface area contributed by atoms with Gasteiger partial charge in [-0.1, -0.05) is 29.8 Å². The Balaban J connectivity index is 1.49. The molecule has 3 rings (SSSR count). The van der Waals surface area contributed by atoms with Crippen molar-refractivity contribution in [2.24, 2.45) is 5.92 Å². The molecule has 26 heavy (non-hydrogen) atoms. The van der Waals surface area contributed by atoms with Crippen molar-refractivity contribution in [3.05, 3.63) is 34.6 Å². The number of halogens is 1. The van der Waals surface area contributed by atoms with Gasteiger partial charge in [-0.25, -0.2) is 4.79 Å². The summed E-state index contributed by atoms with van der Waals surface area (Å²) in [7, 11) is 0. The summed E-state index contributed by atoms with van der Waals surface area (Å²) in [6.07, 6.45) is -0.228. The Morgan fingerprint density at radius 2 is 1.88 bits per heavy atom. The van der Waals surface area contributed by atoms with Crippen molar-refractivity contribution >= 4 is 22.0 Å². The zero-order valence-corrected chi connectivity index (χ0v) is 16.6. The lowest BCUT2D eigenvalue weighted by molar-refractivity contribution is 0.0658. The van der Waals surface area contributed by atoms with Crippen LogP contribution in [0.5, 0.6) is 0 Å². The molecular weight excluding hydrogens is 400 g/mol. The summed E-state index contributed by atoms with van der Waals surface area (Å²) in [6, 6.07) is 7.75. The summed E-state index contributed by atoms with van der Waals surface area (Å²) in [6.45, 7) is 7.89. The zero-order valence-electron chi connectivity index (χ0n) is 15.0. The summed E-state index contributed by atoms with van der Waals surface area (Å²) in [4.78, 5) is 15.9. The van der Waals surface area contributed by atoms with E-state index >= 15 is 0 Å². The van der Waals surface area contributed by atoms with E-state index < -0.39 is 0 Å². The van der Waals surface area contributed by atoms with E-state index in [0.717, 1.165) is 23.1 Å². The first-order chi connectivity index (χ1) is 12.5. The van der Waals surface area contributed by atoms with Gasteiger partial charge in [0.15, 0.2) is 0 Å². The largest absolute Gasteiger partial charge is 0.449 e. The molecule has 1 aromatic heterocycles. The minimum absolute atomic E-state index is 0.228. The smallest absolute Gasteiger partial charge is 0.409 e. The third-order valence-corrected chi connectivity index (χ3v) is 4.62. The van der Waals surface area contributed by atoms with Gasteiger partial charge in [0, 0.05) is 36.2 Å². The molecule has 0 bridgehead atoms. The van der Waals surface area contributed by atoms with Crippen LogP contribution in [0.1, 0.15) is 19.7 Å². The molecule has 0 aliphatic carbocycles. The van der Waals surface area contributed by atoms with E-state index in [1.165, 1.54) is 0 Å². The Morgan fingerprint density at radius 1 is 1.19 bits per heavy atom. The maximum absolute atomic E-state index is 12.0. The molecule has 0 atom stereocenters. The van der Waals surface area contributed by atoms with E-state index in [9.17, 15) is 4.79 Å². The van der Waals surface area contributed by atoms with E-state index in [0.29, 0.717) is 43.9 Å². The molecule has 0 saturated carbocycles. The van der Waals surface area contributed by atoms with Gasteiger partial charge in [0.1, 0.15) is 0 Å². The highest BCUT2D eigenvalue weighted by atomic mass is 79.9. The average Bonchev–Trinajstić information content (AvgIpc) is 3.09. The fourth-order valence-corrected chi connectivity index (χ4v) is 2.90. The number of piperazine rings is 1. The van der Waals surface area contributed by atoms with Gasteiger partial charge in [0.05, 0.1) is 13.2 Å². The molecule has 1 aliphatic heterocycles. The normalized spacial score (nSPS) is 15.5. The van der Waals surface area contributed by atoms with Gasteiger partial charge in [-0.05, 0) is 30.2 Å². The summed E-state index contributed by atoms with van der Waals surface area (Å²) in [5, 5.41) is 8.26. The van der Waals surface area contributed by atoms with Gasteiger partial charge >= 0.3 is 6.09 Å². The lowest BCUT2D eigenvalue weighted by Gasteiger charge is -2.33. The quantitative estimate of drug-likeness (QED) is 0.734. The number of hydrogen-bond donors (Lipinski definition) is 0. The number of hydrogen-bond acceptors (Lipinski definition) is 6. The number of ether oxygens (including phenoxy) is 1. The van der Waals surface area contributed by atoms with Crippen molar-refractivity contribution in [2.75, 3.05) is 32.8 Å². The van der Waals surface area contributed by atoms with Crippen LogP contribution in [0.3, 0.4) is 0 Å². The van der Waals surface area contributed by atoms with Crippen molar-refractivity contribution in [1.82, 2.24) is 20.0 Å². The monoisotopic (exact) mass is 422 g/mol. The first-order valence-electron chi connectivity index (χ1n) is 8.73. The molecule has 2 heterocycles. The maximum atomic E-state index is 12.0. The number of amides is 1. The summed E-state index contributed by atoms with van der Waals surface area (Å²) in [5.41, 5.74) is 0.893. The minimum Gasteiger partial charge on any atom is -0.449 e. The second-order valence-corrected chi connectivity index (χ2v) is 7.66. The number of carbonyl (C=O) groups excluding carboxylic acids is 1. The molecule has 1 aromatic carbocycles. The molecule has 0 unspecified atom stereocenters. The van der Waals surface area contributed by atoms with Crippen LogP contribution in [0.15, 0.2) is 33.2 Å². The second-order valence-electron chi connectivity index (χ2n) is 6.74. The zero-order chi connectivity index (χ0) is 18.5. The van der Waals surface area contributed by atoms with Crippen molar-refractivity contribution in [2.45, 2.75) is 20.4 Å². The maximum Gasteiger partial charge on any atom is 0.409 e. The van der Waals surface area contributed by atoms with Gasteiger partial charge in [-0.3, -0.25) is 4.90 Å². The van der Waals surface area contributed by atoms with E-state index in [2.05, 4.69) is 31.0 Å². The predicted molar refractivity (Wildman–Crippen MR) is 100 cm³/mol. The van der Waals surface area contributed by atoms with Gasteiger partial charge in [-0.2, -0.15) is 0 Å². The third-order valence-electron chi connectivity index (χ3n) is 4.09. The van der Waals surface area contributed by atoms with Crippen LogP contribution >= 0.6 is 15.9 Å². The lowest BCUT2D eigenvalue weighted by Crippen LogP contribution is -2.48. The van der Waals surface area contributed by atoms with E-state index in [4.69, 9.17) is 9.15 Å². The summed E-state index contributed by atoms with van der Waals surface area (Å²) in [5.74, 6) is 1.44. The highest BCUT2D eigenvalue weighted by molar-refractivity contribution is 9.10.